The molecule has 2 N–H and O–H groups in total. The van der Waals surface area contributed by atoms with Crippen molar-refractivity contribution in [3.8, 4) is 17.2 Å². The molecule has 0 aliphatic rings. The topological polar surface area (TPSA) is 71.4 Å². The van der Waals surface area contributed by atoms with Crippen LogP contribution in [0.5, 0.6) is 17.2 Å². The van der Waals surface area contributed by atoms with Crippen molar-refractivity contribution in [2.45, 2.75) is 12.6 Å². The standard InChI is InChI=1S/C20H27NO5/c1-21(13-16-6-8-18(9-7-16)25-11-10-22)14-17(23)15-26-20-5-3-4-19(12-20)24-2/h3-9,12,17,22-23H,10-11,13-15H2,1-2H3/t17-/m1/s1. The molecule has 0 heterocycles. The van der Waals surface area contributed by atoms with E-state index in [9.17, 15) is 5.11 Å². The molecule has 0 aromatic heterocycles. The number of aliphatic hydroxyl groups excluding tert-OH is 2. The first kappa shape index (κ1) is 20.0. The van der Waals surface area contributed by atoms with Crippen LogP contribution in [0.25, 0.3) is 0 Å². The highest BCUT2D eigenvalue weighted by atomic mass is 16.5. The number of nitrogens with zero attached hydrogens (tertiary/aromatic N) is 1. The third-order valence-electron chi connectivity index (χ3n) is 3.74. The fourth-order valence-electron chi connectivity index (χ4n) is 2.53. The fourth-order valence-corrected chi connectivity index (χ4v) is 2.53. The summed E-state index contributed by atoms with van der Waals surface area (Å²) >= 11 is 0. The third kappa shape index (κ3) is 6.92. The molecule has 6 nitrogen and oxygen atoms in total. The number of methoxy groups -OCH3 is 1. The lowest BCUT2D eigenvalue weighted by atomic mass is 10.2. The van der Waals surface area contributed by atoms with Crippen LogP contribution >= 0.6 is 0 Å². The third-order valence-corrected chi connectivity index (χ3v) is 3.74. The minimum atomic E-state index is -0.599. The lowest BCUT2D eigenvalue weighted by Crippen LogP contribution is -2.32. The summed E-state index contributed by atoms with van der Waals surface area (Å²) in [5.74, 6) is 2.13. The molecule has 0 amide bonds. The molecule has 0 spiro atoms. The number of aliphatic hydroxyl groups is 2. The van der Waals surface area contributed by atoms with Gasteiger partial charge in [0.25, 0.3) is 0 Å². The molecule has 6 heteroatoms. The first-order valence-corrected chi connectivity index (χ1v) is 8.56. The number of hydrogen-bond donors (Lipinski definition) is 2. The molecule has 0 unspecified atom stereocenters. The summed E-state index contributed by atoms with van der Waals surface area (Å²) in [5, 5.41) is 18.9. The van der Waals surface area contributed by atoms with E-state index in [1.165, 1.54) is 0 Å². The molecular weight excluding hydrogens is 334 g/mol. The average molecular weight is 361 g/mol. The Bertz CT molecular complexity index is 647. The van der Waals surface area contributed by atoms with Gasteiger partial charge in [0.1, 0.15) is 36.6 Å². The van der Waals surface area contributed by atoms with E-state index >= 15 is 0 Å². The van der Waals surface area contributed by atoms with Crippen LogP contribution in [0.2, 0.25) is 0 Å². The lowest BCUT2D eigenvalue weighted by molar-refractivity contribution is 0.0743. The smallest absolute Gasteiger partial charge is 0.123 e. The second kappa shape index (κ2) is 10.7. The molecule has 2 aromatic rings. The van der Waals surface area contributed by atoms with Crippen LogP contribution < -0.4 is 14.2 Å². The van der Waals surface area contributed by atoms with Gasteiger partial charge in [0.05, 0.1) is 13.7 Å². The number of rotatable bonds is 11. The molecule has 1 atom stereocenters. The maximum absolute atomic E-state index is 10.2. The predicted molar refractivity (Wildman–Crippen MR) is 99.9 cm³/mol. The quantitative estimate of drug-likeness (QED) is 0.637. The van der Waals surface area contributed by atoms with Crippen molar-refractivity contribution >= 4 is 0 Å². The van der Waals surface area contributed by atoms with Gasteiger partial charge in [-0.2, -0.15) is 0 Å². The minimum absolute atomic E-state index is 0.000210. The molecular formula is C20H27NO5. The van der Waals surface area contributed by atoms with Gasteiger partial charge in [-0.15, -0.1) is 0 Å². The van der Waals surface area contributed by atoms with E-state index in [0.717, 1.165) is 17.1 Å². The van der Waals surface area contributed by atoms with E-state index < -0.39 is 6.10 Å². The SMILES string of the molecule is COc1cccc(OC[C@H](O)CN(C)Cc2ccc(OCCO)cc2)c1. The van der Waals surface area contributed by atoms with Gasteiger partial charge in [0.2, 0.25) is 0 Å². The lowest BCUT2D eigenvalue weighted by Gasteiger charge is -2.21. The minimum Gasteiger partial charge on any atom is -0.497 e. The van der Waals surface area contributed by atoms with Gasteiger partial charge in [-0.1, -0.05) is 18.2 Å². The Labute approximate surface area is 154 Å². The van der Waals surface area contributed by atoms with Gasteiger partial charge in [0.15, 0.2) is 0 Å². The molecule has 0 saturated heterocycles. The normalized spacial score (nSPS) is 12.0. The van der Waals surface area contributed by atoms with E-state index in [4.69, 9.17) is 19.3 Å². The maximum atomic E-state index is 10.2. The molecule has 0 bridgehead atoms. The summed E-state index contributed by atoms with van der Waals surface area (Å²) in [6.07, 6.45) is -0.599. The summed E-state index contributed by atoms with van der Waals surface area (Å²) in [6.45, 7) is 1.70. The molecule has 2 aromatic carbocycles. The summed E-state index contributed by atoms with van der Waals surface area (Å²) in [5.41, 5.74) is 1.12. The molecule has 0 saturated carbocycles. The zero-order valence-electron chi connectivity index (χ0n) is 15.3. The van der Waals surface area contributed by atoms with Gasteiger partial charge in [-0.05, 0) is 36.9 Å². The van der Waals surface area contributed by atoms with Crippen LogP contribution in [-0.2, 0) is 6.54 Å². The molecule has 2 rings (SSSR count). The Kier molecular flexibility index (Phi) is 8.21. The molecule has 0 aliphatic heterocycles. The van der Waals surface area contributed by atoms with Crippen molar-refractivity contribution in [3.63, 3.8) is 0 Å². The molecule has 26 heavy (non-hydrogen) atoms. The second-order valence-corrected chi connectivity index (χ2v) is 6.06. The maximum Gasteiger partial charge on any atom is 0.123 e. The van der Waals surface area contributed by atoms with E-state index in [-0.39, 0.29) is 13.2 Å². The number of hydrogen-bond acceptors (Lipinski definition) is 6. The van der Waals surface area contributed by atoms with Gasteiger partial charge < -0.3 is 24.4 Å². The van der Waals surface area contributed by atoms with Crippen molar-refractivity contribution in [2.75, 3.05) is 40.5 Å². The molecule has 142 valence electrons. The van der Waals surface area contributed by atoms with Crippen molar-refractivity contribution in [1.82, 2.24) is 4.90 Å². The van der Waals surface area contributed by atoms with E-state index in [1.54, 1.807) is 13.2 Å². The van der Waals surface area contributed by atoms with E-state index in [2.05, 4.69) is 0 Å². The summed E-state index contributed by atoms with van der Waals surface area (Å²) in [7, 11) is 3.55. The average Bonchev–Trinajstić information content (AvgIpc) is 2.66. The largest absolute Gasteiger partial charge is 0.497 e. The Morgan fingerprint density at radius 2 is 1.73 bits per heavy atom. The predicted octanol–water partition coefficient (Wildman–Crippen LogP) is 1.94. The highest BCUT2D eigenvalue weighted by Crippen LogP contribution is 2.19. The Hall–Kier alpha value is -2.28. The first-order chi connectivity index (χ1) is 12.6. The van der Waals surface area contributed by atoms with Crippen molar-refractivity contribution in [1.29, 1.82) is 0 Å². The van der Waals surface area contributed by atoms with E-state index in [1.807, 2.05) is 54.4 Å². The van der Waals surface area contributed by atoms with Crippen molar-refractivity contribution < 1.29 is 24.4 Å². The van der Waals surface area contributed by atoms with Crippen LogP contribution in [0.3, 0.4) is 0 Å². The van der Waals surface area contributed by atoms with Crippen molar-refractivity contribution in [3.05, 3.63) is 54.1 Å². The van der Waals surface area contributed by atoms with Gasteiger partial charge in [-0.25, -0.2) is 0 Å². The molecule has 0 aliphatic carbocycles. The second-order valence-electron chi connectivity index (χ2n) is 6.06. The van der Waals surface area contributed by atoms with Gasteiger partial charge >= 0.3 is 0 Å². The fraction of sp³-hybridized carbons (Fsp3) is 0.400. The van der Waals surface area contributed by atoms with Crippen LogP contribution in [0.15, 0.2) is 48.5 Å². The Morgan fingerprint density at radius 3 is 2.42 bits per heavy atom. The Morgan fingerprint density at radius 1 is 1.00 bits per heavy atom. The monoisotopic (exact) mass is 361 g/mol. The number of ether oxygens (including phenoxy) is 3. The summed E-state index contributed by atoms with van der Waals surface area (Å²) < 4.78 is 16.1. The molecule has 0 radical (unpaired) electrons. The van der Waals surface area contributed by atoms with Crippen LogP contribution in [0, 0.1) is 0 Å². The Balaban J connectivity index is 1.74. The zero-order chi connectivity index (χ0) is 18.8. The first-order valence-electron chi connectivity index (χ1n) is 8.56. The molecule has 0 fully saturated rings. The van der Waals surface area contributed by atoms with Crippen LogP contribution in [0.4, 0.5) is 0 Å². The number of benzene rings is 2. The van der Waals surface area contributed by atoms with Crippen molar-refractivity contribution in [2.24, 2.45) is 0 Å². The highest BCUT2D eigenvalue weighted by Gasteiger charge is 2.10. The summed E-state index contributed by atoms with van der Waals surface area (Å²) in [6, 6.07) is 15.0. The number of likely N-dealkylation sites (N-methyl/N-ethyl adjacent to an activating group) is 1. The van der Waals surface area contributed by atoms with Gasteiger partial charge in [-0.3, -0.25) is 4.90 Å². The summed E-state index contributed by atoms with van der Waals surface area (Å²) in [4.78, 5) is 2.03. The van der Waals surface area contributed by atoms with Crippen LogP contribution in [0.1, 0.15) is 5.56 Å². The highest BCUT2D eigenvalue weighted by molar-refractivity contribution is 5.32. The van der Waals surface area contributed by atoms with Gasteiger partial charge in [0, 0.05) is 19.2 Å². The van der Waals surface area contributed by atoms with E-state index in [0.29, 0.717) is 25.4 Å². The zero-order valence-corrected chi connectivity index (χ0v) is 15.3. The van der Waals surface area contributed by atoms with Crippen LogP contribution in [-0.4, -0.2) is 61.7 Å².